The molecular formula is C27H29N5O2. The molecule has 0 atom stereocenters. The Bertz CT molecular complexity index is 1340. The van der Waals surface area contributed by atoms with E-state index in [1.54, 1.807) is 6.20 Å². The van der Waals surface area contributed by atoms with Gasteiger partial charge in [-0.15, -0.1) is 0 Å². The minimum atomic E-state index is -0.281. The highest BCUT2D eigenvalue weighted by molar-refractivity contribution is 5.98. The Kier molecular flexibility index (Phi) is 5.21. The molecule has 174 valence electrons. The van der Waals surface area contributed by atoms with Gasteiger partial charge in [0.15, 0.2) is 11.5 Å². The van der Waals surface area contributed by atoms with Crippen LogP contribution in [0.15, 0.2) is 60.9 Å². The summed E-state index contributed by atoms with van der Waals surface area (Å²) in [5.41, 5.74) is 3.91. The van der Waals surface area contributed by atoms with Crippen molar-refractivity contribution in [2.24, 2.45) is 0 Å². The highest BCUT2D eigenvalue weighted by atomic mass is 16.3. The van der Waals surface area contributed by atoms with Gasteiger partial charge >= 0.3 is 0 Å². The molecule has 1 amide bonds. The van der Waals surface area contributed by atoms with Crippen molar-refractivity contribution in [2.45, 2.75) is 62.6 Å². The van der Waals surface area contributed by atoms with Gasteiger partial charge < -0.3 is 15.7 Å². The molecule has 3 N–H and O–H groups in total. The van der Waals surface area contributed by atoms with E-state index in [1.165, 1.54) is 5.56 Å². The number of benzene rings is 2. The quantitative estimate of drug-likeness (QED) is 0.415. The average Bonchev–Trinajstić information content (AvgIpc) is 3.34. The van der Waals surface area contributed by atoms with E-state index < -0.39 is 0 Å². The first kappa shape index (κ1) is 21.1. The van der Waals surface area contributed by atoms with Crippen molar-refractivity contribution in [3.05, 3.63) is 72.1 Å². The van der Waals surface area contributed by atoms with Crippen LogP contribution in [0.1, 0.15) is 60.9 Å². The fourth-order valence-electron chi connectivity index (χ4n) is 5.37. The molecule has 2 aliphatic carbocycles. The monoisotopic (exact) mass is 455 g/mol. The van der Waals surface area contributed by atoms with Gasteiger partial charge in [-0.3, -0.25) is 9.20 Å². The predicted molar refractivity (Wildman–Crippen MR) is 132 cm³/mol. The Balaban J connectivity index is 1.30. The molecule has 0 spiro atoms. The summed E-state index contributed by atoms with van der Waals surface area (Å²) in [7, 11) is 0. The summed E-state index contributed by atoms with van der Waals surface area (Å²) < 4.78 is 2.00. The Morgan fingerprint density at radius 3 is 2.59 bits per heavy atom. The van der Waals surface area contributed by atoms with E-state index in [1.807, 2.05) is 47.0 Å². The fraction of sp³-hybridized carbons (Fsp3) is 0.370. The van der Waals surface area contributed by atoms with Crippen molar-refractivity contribution < 1.29 is 9.90 Å². The molecule has 2 aromatic heterocycles. The molecule has 34 heavy (non-hydrogen) atoms. The number of hydrogen-bond acceptors (Lipinski definition) is 5. The number of anilines is 1. The third-order valence-corrected chi connectivity index (χ3v) is 7.51. The number of carbonyl (C=O) groups excluding carboxylic acids is 1. The molecular weight excluding hydrogens is 426 g/mol. The summed E-state index contributed by atoms with van der Waals surface area (Å²) in [6, 6.07) is 16.2. The van der Waals surface area contributed by atoms with Crippen LogP contribution in [0.3, 0.4) is 0 Å². The van der Waals surface area contributed by atoms with E-state index in [0.29, 0.717) is 5.56 Å². The van der Waals surface area contributed by atoms with E-state index in [2.05, 4.69) is 27.8 Å². The molecule has 7 nitrogen and oxygen atoms in total. The summed E-state index contributed by atoms with van der Waals surface area (Å²) in [4.78, 5) is 22.7. The molecule has 2 saturated carbocycles. The van der Waals surface area contributed by atoms with Gasteiger partial charge in [0, 0.05) is 24.0 Å². The molecule has 0 radical (unpaired) electrons. The highest BCUT2D eigenvalue weighted by Crippen LogP contribution is 2.41. The first-order valence-corrected chi connectivity index (χ1v) is 12.2. The minimum absolute atomic E-state index is 0.0679. The number of rotatable bonds is 5. The number of aromatic nitrogens is 3. The van der Waals surface area contributed by atoms with Gasteiger partial charge in [0.1, 0.15) is 0 Å². The van der Waals surface area contributed by atoms with Crippen LogP contribution in [-0.2, 0) is 5.54 Å². The van der Waals surface area contributed by atoms with Gasteiger partial charge in [-0.2, -0.15) is 0 Å². The molecule has 0 saturated heterocycles. The predicted octanol–water partition coefficient (Wildman–Crippen LogP) is 4.41. The molecule has 4 aromatic rings. The minimum Gasteiger partial charge on any atom is -0.393 e. The second-order valence-corrected chi connectivity index (χ2v) is 9.69. The summed E-state index contributed by atoms with van der Waals surface area (Å²) in [5.74, 6) is 0.676. The number of nitrogens with zero attached hydrogens (tertiary/aromatic N) is 3. The molecule has 2 fully saturated rings. The third kappa shape index (κ3) is 3.70. The number of hydrogen-bond donors (Lipinski definition) is 3. The SMILES string of the molecule is O=C(NC1(c2ccccc2)CCC1)c1ccc2nc(NC3CCC(O)CC3)c3nccn3c2c1. The van der Waals surface area contributed by atoms with Crippen molar-refractivity contribution >= 4 is 28.4 Å². The van der Waals surface area contributed by atoms with E-state index in [9.17, 15) is 9.90 Å². The Hall–Kier alpha value is -3.45. The number of amides is 1. The Labute approximate surface area is 198 Å². The van der Waals surface area contributed by atoms with E-state index in [4.69, 9.17) is 4.98 Å². The molecule has 7 heteroatoms. The van der Waals surface area contributed by atoms with Gasteiger partial charge in [-0.05, 0) is 68.7 Å². The number of carbonyl (C=O) groups is 1. The van der Waals surface area contributed by atoms with Crippen LogP contribution in [0.25, 0.3) is 16.7 Å². The summed E-state index contributed by atoms with van der Waals surface area (Å²) in [6.07, 6.45) is 9.94. The molecule has 2 heterocycles. The van der Waals surface area contributed by atoms with E-state index >= 15 is 0 Å². The third-order valence-electron chi connectivity index (χ3n) is 7.51. The zero-order valence-corrected chi connectivity index (χ0v) is 19.1. The Morgan fingerprint density at radius 2 is 1.85 bits per heavy atom. The maximum atomic E-state index is 13.3. The highest BCUT2D eigenvalue weighted by Gasteiger charge is 2.40. The maximum absolute atomic E-state index is 13.3. The van der Waals surface area contributed by atoms with Crippen LogP contribution < -0.4 is 10.6 Å². The number of imidazole rings is 1. The number of fused-ring (bicyclic) bond motifs is 3. The number of aliphatic hydroxyl groups is 1. The van der Waals surface area contributed by atoms with Gasteiger partial charge in [-0.1, -0.05) is 30.3 Å². The second-order valence-electron chi connectivity index (χ2n) is 9.69. The van der Waals surface area contributed by atoms with Crippen LogP contribution in [0.4, 0.5) is 5.82 Å². The van der Waals surface area contributed by atoms with Crippen molar-refractivity contribution in [1.29, 1.82) is 0 Å². The van der Waals surface area contributed by atoms with Crippen LogP contribution in [0.5, 0.6) is 0 Å². The molecule has 2 aliphatic rings. The van der Waals surface area contributed by atoms with Crippen LogP contribution in [-0.4, -0.2) is 37.5 Å². The number of aliphatic hydroxyl groups excluding tert-OH is 1. The van der Waals surface area contributed by atoms with Crippen molar-refractivity contribution in [2.75, 3.05) is 5.32 Å². The lowest BCUT2D eigenvalue weighted by Gasteiger charge is -2.43. The summed E-state index contributed by atoms with van der Waals surface area (Å²) in [6.45, 7) is 0. The summed E-state index contributed by atoms with van der Waals surface area (Å²) in [5, 5.41) is 16.7. The zero-order chi connectivity index (χ0) is 23.1. The van der Waals surface area contributed by atoms with Crippen LogP contribution >= 0.6 is 0 Å². The average molecular weight is 456 g/mol. The lowest BCUT2D eigenvalue weighted by Crippen LogP contribution is -2.50. The van der Waals surface area contributed by atoms with E-state index in [0.717, 1.165) is 67.4 Å². The second kappa shape index (κ2) is 8.40. The fourth-order valence-corrected chi connectivity index (χ4v) is 5.37. The standard InChI is InChI=1S/C27H29N5O2/c33-21-10-8-20(9-11-21)29-24-25-28-15-16-32(25)23-17-18(7-12-22(23)30-24)26(34)31-27(13-4-14-27)19-5-2-1-3-6-19/h1-3,5-7,12,15-17,20-21,33H,4,8-11,13-14H2,(H,29,30)(H,31,34). The zero-order valence-electron chi connectivity index (χ0n) is 19.1. The van der Waals surface area contributed by atoms with E-state index in [-0.39, 0.29) is 23.6 Å². The lowest BCUT2D eigenvalue weighted by molar-refractivity contribution is 0.0823. The molecule has 0 bridgehead atoms. The van der Waals surface area contributed by atoms with Gasteiger partial charge in [0.25, 0.3) is 5.91 Å². The Morgan fingerprint density at radius 1 is 1.06 bits per heavy atom. The molecule has 2 aromatic carbocycles. The molecule has 6 rings (SSSR count). The topological polar surface area (TPSA) is 91.5 Å². The molecule has 0 aliphatic heterocycles. The lowest BCUT2D eigenvalue weighted by atomic mass is 9.71. The maximum Gasteiger partial charge on any atom is 0.252 e. The van der Waals surface area contributed by atoms with Crippen LogP contribution in [0.2, 0.25) is 0 Å². The normalized spacial score (nSPS) is 21.8. The van der Waals surface area contributed by atoms with Crippen LogP contribution in [0, 0.1) is 0 Å². The number of nitrogens with one attached hydrogen (secondary N) is 2. The first-order chi connectivity index (χ1) is 16.6. The van der Waals surface area contributed by atoms with Gasteiger partial charge in [-0.25, -0.2) is 9.97 Å². The van der Waals surface area contributed by atoms with Crippen molar-refractivity contribution in [1.82, 2.24) is 19.7 Å². The van der Waals surface area contributed by atoms with Gasteiger partial charge in [0.2, 0.25) is 0 Å². The first-order valence-electron chi connectivity index (χ1n) is 12.2. The van der Waals surface area contributed by atoms with Crippen molar-refractivity contribution in [3.63, 3.8) is 0 Å². The van der Waals surface area contributed by atoms with Crippen molar-refractivity contribution in [3.8, 4) is 0 Å². The molecule has 0 unspecified atom stereocenters. The summed E-state index contributed by atoms with van der Waals surface area (Å²) >= 11 is 0. The smallest absolute Gasteiger partial charge is 0.252 e. The van der Waals surface area contributed by atoms with Gasteiger partial charge in [0.05, 0.1) is 22.7 Å². The largest absolute Gasteiger partial charge is 0.393 e.